The van der Waals surface area contributed by atoms with Gasteiger partial charge in [0, 0.05) is 17.7 Å². The number of carbonyl (C=O) groups excluding carboxylic acids is 1. The van der Waals surface area contributed by atoms with Crippen molar-refractivity contribution >= 4 is 5.78 Å². The minimum atomic E-state index is -1.08. The van der Waals surface area contributed by atoms with Crippen molar-refractivity contribution in [2.24, 2.45) is 0 Å². The molecule has 0 bridgehead atoms. The third-order valence-corrected chi connectivity index (χ3v) is 2.30. The molecule has 0 N–H and O–H groups in total. The molecule has 0 radical (unpaired) electrons. The molecule has 0 amide bonds. The van der Waals surface area contributed by atoms with Crippen molar-refractivity contribution in [3.63, 3.8) is 0 Å². The van der Waals surface area contributed by atoms with Crippen LogP contribution in [0.15, 0.2) is 36.4 Å². The Hall–Kier alpha value is -2.17. The molecule has 0 atom stereocenters. The lowest BCUT2D eigenvalue weighted by atomic mass is 10.0. The Balaban J connectivity index is 2.47. The molecular formula is C13H6F4O. The van der Waals surface area contributed by atoms with Gasteiger partial charge in [0.2, 0.25) is 0 Å². The summed E-state index contributed by atoms with van der Waals surface area (Å²) < 4.78 is 51.9. The van der Waals surface area contributed by atoms with Crippen LogP contribution in [0.1, 0.15) is 15.9 Å². The van der Waals surface area contributed by atoms with E-state index in [1.54, 1.807) is 0 Å². The van der Waals surface area contributed by atoms with Crippen molar-refractivity contribution in [2.45, 2.75) is 0 Å². The second-order valence-corrected chi connectivity index (χ2v) is 3.61. The van der Waals surface area contributed by atoms with E-state index in [0.29, 0.717) is 12.1 Å². The highest BCUT2D eigenvalue weighted by Gasteiger charge is 2.16. The predicted molar refractivity (Wildman–Crippen MR) is 56.1 cm³/mol. The Kier molecular flexibility index (Phi) is 3.14. The molecule has 0 aliphatic rings. The SMILES string of the molecule is O=C(c1cc(F)cc(F)c1)c1ccc(F)cc1F. The van der Waals surface area contributed by atoms with E-state index in [1.165, 1.54) is 0 Å². The molecule has 0 saturated heterocycles. The lowest BCUT2D eigenvalue weighted by molar-refractivity contribution is 0.103. The van der Waals surface area contributed by atoms with Gasteiger partial charge in [-0.05, 0) is 24.3 Å². The summed E-state index contributed by atoms with van der Waals surface area (Å²) in [5.74, 6) is -4.72. The van der Waals surface area contributed by atoms with E-state index < -0.39 is 34.6 Å². The highest BCUT2D eigenvalue weighted by atomic mass is 19.1. The highest BCUT2D eigenvalue weighted by molar-refractivity contribution is 6.09. The molecule has 92 valence electrons. The number of rotatable bonds is 2. The molecule has 0 aliphatic carbocycles. The zero-order valence-electron chi connectivity index (χ0n) is 8.88. The third kappa shape index (κ3) is 2.40. The van der Waals surface area contributed by atoms with Gasteiger partial charge in [0.15, 0.2) is 5.78 Å². The summed E-state index contributed by atoms with van der Waals surface area (Å²) in [6.45, 7) is 0. The lowest BCUT2D eigenvalue weighted by Gasteiger charge is -2.03. The molecule has 5 heteroatoms. The second-order valence-electron chi connectivity index (χ2n) is 3.61. The summed E-state index contributed by atoms with van der Waals surface area (Å²) >= 11 is 0. The fourth-order valence-electron chi connectivity index (χ4n) is 1.51. The fraction of sp³-hybridized carbons (Fsp3) is 0. The summed E-state index contributed by atoms with van der Waals surface area (Å²) in [5, 5.41) is 0. The Morgan fingerprint density at radius 3 is 1.94 bits per heavy atom. The number of ketones is 1. The molecule has 0 unspecified atom stereocenters. The minimum Gasteiger partial charge on any atom is -0.288 e. The van der Waals surface area contributed by atoms with Gasteiger partial charge in [0.25, 0.3) is 0 Å². The number of benzene rings is 2. The molecule has 1 nitrogen and oxygen atoms in total. The Labute approximate surface area is 99.7 Å². The van der Waals surface area contributed by atoms with Crippen LogP contribution in [0, 0.1) is 23.3 Å². The molecule has 18 heavy (non-hydrogen) atoms. The molecule has 0 saturated carbocycles. The predicted octanol–water partition coefficient (Wildman–Crippen LogP) is 3.47. The highest BCUT2D eigenvalue weighted by Crippen LogP contribution is 2.16. The molecule has 2 aromatic carbocycles. The van der Waals surface area contributed by atoms with Crippen LogP contribution in [0.3, 0.4) is 0 Å². The van der Waals surface area contributed by atoms with Crippen molar-refractivity contribution in [2.75, 3.05) is 0 Å². The maximum Gasteiger partial charge on any atom is 0.196 e. The van der Waals surface area contributed by atoms with Crippen molar-refractivity contribution in [3.05, 3.63) is 70.8 Å². The van der Waals surface area contributed by atoms with E-state index in [0.717, 1.165) is 24.3 Å². The topological polar surface area (TPSA) is 17.1 Å². The van der Waals surface area contributed by atoms with Gasteiger partial charge in [-0.3, -0.25) is 4.79 Å². The standard InChI is InChI=1S/C13H6F4O/c14-8-1-2-11(12(17)6-8)13(18)7-3-9(15)5-10(16)4-7/h1-6H. The molecule has 0 fully saturated rings. The van der Waals surface area contributed by atoms with E-state index in [2.05, 4.69) is 0 Å². The van der Waals surface area contributed by atoms with Crippen LogP contribution >= 0.6 is 0 Å². The smallest absolute Gasteiger partial charge is 0.196 e. The van der Waals surface area contributed by atoms with E-state index in [4.69, 9.17) is 0 Å². The van der Waals surface area contributed by atoms with Gasteiger partial charge >= 0.3 is 0 Å². The zero-order valence-corrected chi connectivity index (χ0v) is 8.88. The average Bonchev–Trinajstić information content (AvgIpc) is 2.26. The van der Waals surface area contributed by atoms with Gasteiger partial charge < -0.3 is 0 Å². The fourth-order valence-corrected chi connectivity index (χ4v) is 1.51. The van der Waals surface area contributed by atoms with Gasteiger partial charge in [0.05, 0.1) is 5.56 Å². The van der Waals surface area contributed by atoms with Gasteiger partial charge in [-0.1, -0.05) is 0 Å². The van der Waals surface area contributed by atoms with Gasteiger partial charge in [0.1, 0.15) is 23.3 Å². The maximum absolute atomic E-state index is 13.3. The summed E-state index contributed by atoms with van der Waals surface area (Å²) in [6.07, 6.45) is 0. The number of hydrogen-bond acceptors (Lipinski definition) is 1. The quantitative estimate of drug-likeness (QED) is 0.592. The monoisotopic (exact) mass is 254 g/mol. The van der Waals surface area contributed by atoms with Crippen molar-refractivity contribution in [1.82, 2.24) is 0 Å². The first-order valence-corrected chi connectivity index (χ1v) is 4.93. The van der Waals surface area contributed by atoms with Gasteiger partial charge in [-0.15, -0.1) is 0 Å². The first kappa shape index (κ1) is 12.3. The normalized spacial score (nSPS) is 10.4. The van der Waals surface area contributed by atoms with Crippen molar-refractivity contribution < 1.29 is 22.4 Å². The van der Waals surface area contributed by atoms with Crippen molar-refractivity contribution in [1.29, 1.82) is 0 Å². The molecule has 0 aliphatic heterocycles. The average molecular weight is 254 g/mol. The molecule has 0 heterocycles. The van der Waals surface area contributed by atoms with Crippen LogP contribution < -0.4 is 0 Å². The summed E-state index contributed by atoms with van der Waals surface area (Å²) in [7, 11) is 0. The Morgan fingerprint density at radius 2 is 1.39 bits per heavy atom. The van der Waals surface area contributed by atoms with E-state index >= 15 is 0 Å². The largest absolute Gasteiger partial charge is 0.288 e. The van der Waals surface area contributed by atoms with Gasteiger partial charge in [-0.25, -0.2) is 17.6 Å². The third-order valence-electron chi connectivity index (χ3n) is 2.30. The van der Waals surface area contributed by atoms with Crippen LogP contribution in [-0.2, 0) is 0 Å². The molecule has 0 spiro atoms. The van der Waals surface area contributed by atoms with Gasteiger partial charge in [-0.2, -0.15) is 0 Å². The van der Waals surface area contributed by atoms with E-state index in [1.807, 2.05) is 0 Å². The summed E-state index contributed by atoms with van der Waals surface area (Å²) in [4.78, 5) is 11.8. The van der Waals surface area contributed by atoms with Crippen LogP contribution in [-0.4, -0.2) is 5.78 Å². The van der Waals surface area contributed by atoms with Crippen LogP contribution in [0.4, 0.5) is 17.6 Å². The summed E-state index contributed by atoms with van der Waals surface area (Å²) in [6, 6.07) is 4.52. The second kappa shape index (κ2) is 4.60. The first-order valence-electron chi connectivity index (χ1n) is 4.93. The molecular weight excluding hydrogens is 248 g/mol. The maximum atomic E-state index is 13.3. The molecule has 2 aromatic rings. The van der Waals surface area contributed by atoms with E-state index in [9.17, 15) is 22.4 Å². The van der Waals surface area contributed by atoms with Crippen LogP contribution in [0.2, 0.25) is 0 Å². The van der Waals surface area contributed by atoms with Crippen molar-refractivity contribution in [3.8, 4) is 0 Å². The van der Waals surface area contributed by atoms with Crippen LogP contribution in [0.25, 0.3) is 0 Å². The Bertz CT molecular complexity index is 602. The number of halogens is 4. The minimum absolute atomic E-state index is 0.335. The van der Waals surface area contributed by atoms with Crippen LogP contribution in [0.5, 0.6) is 0 Å². The zero-order chi connectivity index (χ0) is 13.3. The van der Waals surface area contributed by atoms with E-state index in [-0.39, 0.29) is 5.56 Å². The number of carbonyl (C=O) groups is 1. The Morgan fingerprint density at radius 1 is 0.778 bits per heavy atom. The molecule has 2 rings (SSSR count). The molecule has 0 aromatic heterocycles. The first-order chi connectivity index (χ1) is 8.47. The lowest BCUT2D eigenvalue weighted by Crippen LogP contribution is -2.05. The number of hydrogen-bond donors (Lipinski definition) is 0. The summed E-state index contributed by atoms with van der Waals surface area (Å²) in [5.41, 5.74) is -0.778.